The minimum absolute atomic E-state index is 0.0539. The molecule has 24 heavy (non-hydrogen) atoms. The Kier molecular flexibility index (Phi) is 5.80. The van der Waals surface area contributed by atoms with Gasteiger partial charge in [-0.3, -0.25) is 9.79 Å². The molecule has 3 rings (SSSR count). The van der Waals surface area contributed by atoms with Crippen LogP contribution in [0.4, 0.5) is 5.13 Å². The smallest absolute Gasteiger partial charge is 0.239 e. The summed E-state index contributed by atoms with van der Waals surface area (Å²) >= 11 is 4.63. The van der Waals surface area contributed by atoms with Gasteiger partial charge >= 0.3 is 0 Å². The first-order chi connectivity index (χ1) is 11.7. The number of aliphatic imine (C=N–C) groups is 1. The first-order valence-electron chi connectivity index (χ1n) is 7.40. The highest BCUT2D eigenvalue weighted by atomic mass is 32.2. The number of hydrogen-bond acceptors (Lipinski definition) is 7. The maximum atomic E-state index is 12.3. The Morgan fingerprint density at radius 3 is 3.08 bits per heavy atom. The topological polar surface area (TPSA) is 63.6 Å². The molecular formula is C16H17N3O2S3. The van der Waals surface area contributed by atoms with Crippen LogP contribution in [-0.2, 0) is 4.79 Å². The van der Waals surface area contributed by atoms with Crippen LogP contribution in [0.5, 0.6) is 5.75 Å². The van der Waals surface area contributed by atoms with Crippen LogP contribution in [-0.4, -0.2) is 39.9 Å². The van der Waals surface area contributed by atoms with Gasteiger partial charge in [0.2, 0.25) is 5.91 Å². The number of anilines is 1. The van der Waals surface area contributed by atoms with Crippen LogP contribution in [0.25, 0.3) is 11.3 Å². The van der Waals surface area contributed by atoms with E-state index in [1.54, 1.807) is 18.9 Å². The van der Waals surface area contributed by atoms with Crippen molar-refractivity contribution in [2.45, 2.75) is 12.2 Å². The Morgan fingerprint density at radius 2 is 2.33 bits per heavy atom. The lowest BCUT2D eigenvalue weighted by atomic mass is 10.2. The molecule has 2 heterocycles. The van der Waals surface area contributed by atoms with E-state index >= 15 is 0 Å². The monoisotopic (exact) mass is 379 g/mol. The number of nitrogens with one attached hydrogen (secondary N) is 1. The number of rotatable bonds is 5. The number of aromatic nitrogens is 1. The van der Waals surface area contributed by atoms with Gasteiger partial charge in [-0.15, -0.1) is 11.3 Å². The average molecular weight is 380 g/mol. The van der Waals surface area contributed by atoms with Crippen LogP contribution in [0, 0.1) is 0 Å². The van der Waals surface area contributed by atoms with Gasteiger partial charge in [0.25, 0.3) is 0 Å². The van der Waals surface area contributed by atoms with Gasteiger partial charge < -0.3 is 10.1 Å². The summed E-state index contributed by atoms with van der Waals surface area (Å²) in [6, 6.07) is 7.71. The quantitative estimate of drug-likeness (QED) is 0.851. The third-order valence-electron chi connectivity index (χ3n) is 3.30. The number of thiazole rings is 1. The third-order valence-corrected chi connectivity index (χ3v) is 6.37. The van der Waals surface area contributed by atoms with Gasteiger partial charge in [0, 0.05) is 16.7 Å². The van der Waals surface area contributed by atoms with Crippen molar-refractivity contribution in [2.24, 2.45) is 4.99 Å². The predicted molar refractivity (Wildman–Crippen MR) is 105 cm³/mol. The molecule has 1 aromatic heterocycles. The number of benzene rings is 1. The summed E-state index contributed by atoms with van der Waals surface area (Å²) in [6.07, 6.45) is 0. The number of carbonyl (C=O) groups is 1. The van der Waals surface area contributed by atoms with E-state index in [4.69, 9.17) is 4.74 Å². The van der Waals surface area contributed by atoms with Crippen molar-refractivity contribution in [1.82, 2.24) is 4.98 Å². The van der Waals surface area contributed by atoms with E-state index in [1.165, 1.54) is 23.1 Å². The molecule has 2 aromatic rings. The van der Waals surface area contributed by atoms with Gasteiger partial charge in [-0.1, -0.05) is 35.7 Å². The number of ether oxygens (including phenoxy) is 1. The lowest BCUT2D eigenvalue weighted by Crippen LogP contribution is -2.23. The number of nitrogens with zero attached hydrogens (tertiary/aromatic N) is 2. The van der Waals surface area contributed by atoms with Crippen molar-refractivity contribution in [3.05, 3.63) is 29.6 Å². The number of thioether (sulfide) groups is 2. The molecular weight excluding hydrogens is 362 g/mol. The van der Waals surface area contributed by atoms with Crippen molar-refractivity contribution in [2.75, 3.05) is 24.7 Å². The molecule has 1 atom stereocenters. The zero-order chi connectivity index (χ0) is 16.9. The van der Waals surface area contributed by atoms with Crippen LogP contribution in [0.15, 0.2) is 34.6 Å². The molecule has 8 heteroatoms. The van der Waals surface area contributed by atoms with Crippen molar-refractivity contribution in [3.63, 3.8) is 0 Å². The van der Waals surface area contributed by atoms with Crippen LogP contribution < -0.4 is 10.1 Å². The second-order valence-corrected chi connectivity index (χ2v) is 8.54. The summed E-state index contributed by atoms with van der Waals surface area (Å²) in [4.78, 5) is 21.2. The highest BCUT2D eigenvalue weighted by molar-refractivity contribution is 8.39. The minimum atomic E-state index is -0.196. The molecule has 1 N–H and O–H groups in total. The zero-order valence-corrected chi connectivity index (χ0v) is 15.8. The summed E-state index contributed by atoms with van der Waals surface area (Å²) in [5, 5.41) is 5.22. The molecule has 126 valence electrons. The Bertz CT molecular complexity index is 761. The summed E-state index contributed by atoms with van der Waals surface area (Å²) in [7, 11) is 1.64. The molecule has 0 radical (unpaired) electrons. The van der Waals surface area contributed by atoms with E-state index < -0.39 is 0 Å². The largest absolute Gasteiger partial charge is 0.497 e. The minimum Gasteiger partial charge on any atom is -0.497 e. The fourth-order valence-electron chi connectivity index (χ4n) is 2.04. The second-order valence-electron chi connectivity index (χ2n) is 5.02. The molecule has 1 aliphatic heterocycles. The first kappa shape index (κ1) is 17.3. The summed E-state index contributed by atoms with van der Waals surface area (Å²) in [5.74, 6) is 1.74. The maximum absolute atomic E-state index is 12.3. The summed E-state index contributed by atoms with van der Waals surface area (Å²) in [5.41, 5.74) is 1.79. The number of methoxy groups -OCH3 is 1. The lowest BCUT2D eigenvalue weighted by Gasteiger charge is -2.09. The van der Waals surface area contributed by atoms with Gasteiger partial charge in [0.1, 0.15) is 10.1 Å². The molecule has 0 spiro atoms. The molecule has 0 saturated heterocycles. The second kappa shape index (κ2) is 8.04. The van der Waals surface area contributed by atoms with E-state index in [0.29, 0.717) is 5.13 Å². The molecule has 1 unspecified atom stereocenters. The Balaban J connectivity index is 1.63. The molecule has 0 aliphatic carbocycles. The van der Waals surface area contributed by atoms with Crippen molar-refractivity contribution in [3.8, 4) is 17.0 Å². The Morgan fingerprint density at radius 1 is 1.46 bits per heavy atom. The first-order valence-corrected chi connectivity index (χ1v) is 10.1. The molecule has 1 aromatic carbocycles. The molecule has 0 saturated carbocycles. The zero-order valence-electron chi connectivity index (χ0n) is 13.3. The van der Waals surface area contributed by atoms with Crippen LogP contribution in [0.3, 0.4) is 0 Å². The highest BCUT2D eigenvalue weighted by Gasteiger charge is 2.20. The maximum Gasteiger partial charge on any atom is 0.239 e. The van der Waals surface area contributed by atoms with Gasteiger partial charge in [0.15, 0.2) is 5.13 Å². The van der Waals surface area contributed by atoms with Gasteiger partial charge in [-0.2, -0.15) is 0 Å². The average Bonchev–Trinajstić information content (AvgIpc) is 3.26. The molecule has 1 amide bonds. The van der Waals surface area contributed by atoms with E-state index in [9.17, 15) is 4.79 Å². The van der Waals surface area contributed by atoms with E-state index in [-0.39, 0.29) is 11.2 Å². The third kappa shape index (κ3) is 4.31. The standard InChI is InChI=1S/C16H17N3O2S3/c1-10(24-16-17-6-7-22-16)14(20)19-15-18-13(9-23-15)11-4-3-5-12(8-11)21-2/h3-5,8-10H,6-7H2,1-2H3,(H,18,19,20). The lowest BCUT2D eigenvalue weighted by molar-refractivity contribution is -0.115. The van der Waals surface area contributed by atoms with Gasteiger partial charge in [-0.25, -0.2) is 4.98 Å². The van der Waals surface area contributed by atoms with Gasteiger partial charge in [-0.05, 0) is 19.1 Å². The van der Waals surface area contributed by atoms with Crippen LogP contribution in [0.2, 0.25) is 0 Å². The van der Waals surface area contributed by atoms with Crippen molar-refractivity contribution in [1.29, 1.82) is 0 Å². The molecule has 1 aliphatic rings. The SMILES string of the molecule is COc1cccc(-c2csc(NC(=O)C(C)SC3=NCCS3)n2)c1. The Labute approximate surface area is 153 Å². The summed E-state index contributed by atoms with van der Waals surface area (Å²) in [6.45, 7) is 2.73. The normalized spacial score (nSPS) is 15.0. The Hall–Kier alpha value is -1.51. The fraction of sp³-hybridized carbons (Fsp3) is 0.312. The highest BCUT2D eigenvalue weighted by Crippen LogP contribution is 2.29. The number of hydrogen-bond donors (Lipinski definition) is 1. The fourth-order valence-corrected chi connectivity index (χ4v) is 4.90. The van der Waals surface area contributed by atoms with Crippen molar-refractivity contribution < 1.29 is 9.53 Å². The number of carbonyl (C=O) groups excluding carboxylic acids is 1. The van der Waals surface area contributed by atoms with Gasteiger partial charge in [0.05, 0.1) is 24.6 Å². The molecule has 5 nitrogen and oxygen atoms in total. The van der Waals surface area contributed by atoms with E-state index in [0.717, 1.165) is 33.7 Å². The van der Waals surface area contributed by atoms with E-state index in [2.05, 4.69) is 15.3 Å². The number of amides is 1. The predicted octanol–water partition coefficient (Wildman–Crippen LogP) is 3.98. The van der Waals surface area contributed by atoms with Crippen LogP contribution in [0.1, 0.15) is 6.92 Å². The molecule has 0 fully saturated rings. The van der Waals surface area contributed by atoms with E-state index in [1.807, 2.05) is 36.6 Å². The van der Waals surface area contributed by atoms with Crippen LogP contribution >= 0.6 is 34.9 Å². The van der Waals surface area contributed by atoms with Crippen molar-refractivity contribution >= 4 is 50.3 Å². The molecule has 0 bridgehead atoms. The summed E-state index contributed by atoms with van der Waals surface area (Å²) < 4.78 is 6.23.